The highest BCUT2D eigenvalue weighted by molar-refractivity contribution is 7.09. The van der Waals surface area contributed by atoms with E-state index in [1.54, 1.807) is 26.2 Å². The molecule has 0 spiro atoms. The summed E-state index contributed by atoms with van der Waals surface area (Å²) in [6.45, 7) is 9.32. The minimum Gasteiger partial charge on any atom is -0.464 e. The van der Waals surface area contributed by atoms with Gasteiger partial charge in [-0.25, -0.2) is 14.6 Å². The van der Waals surface area contributed by atoms with Gasteiger partial charge in [0, 0.05) is 5.38 Å². The maximum absolute atomic E-state index is 11.9. The van der Waals surface area contributed by atoms with Crippen molar-refractivity contribution in [1.82, 2.24) is 10.3 Å². The van der Waals surface area contributed by atoms with Crippen molar-refractivity contribution < 1.29 is 19.1 Å². The molecule has 0 fully saturated rings. The van der Waals surface area contributed by atoms with Crippen LogP contribution in [0.15, 0.2) is 5.38 Å². The van der Waals surface area contributed by atoms with E-state index in [0.29, 0.717) is 5.01 Å². The van der Waals surface area contributed by atoms with Crippen molar-refractivity contribution in [2.75, 3.05) is 7.11 Å². The molecule has 0 radical (unpaired) electrons. The summed E-state index contributed by atoms with van der Waals surface area (Å²) < 4.78 is 9.88. The van der Waals surface area contributed by atoms with Crippen LogP contribution in [0.25, 0.3) is 0 Å². The number of esters is 1. The Labute approximate surface area is 128 Å². The van der Waals surface area contributed by atoms with Crippen molar-refractivity contribution in [3.8, 4) is 0 Å². The zero-order valence-electron chi connectivity index (χ0n) is 13.2. The van der Waals surface area contributed by atoms with E-state index in [-0.39, 0.29) is 17.7 Å². The number of nitrogens with one attached hydrogen (secondary N) is 1. The zero-order chi connectivity index (χ0) is 16.2. The van der Waals surface area contributed by atoms with Crippen LogP contribution in [0.5, 0.6) is 0 Å². The molecule has 21 heavy (non-hydrogen) atoms. The fraction of sp³-hybridized carbons (Fsp3) is 0.643. The Bertz CT molecular complexity index is 505. The fourth-order valence-electron chi connectivity index (χ4n) is 1.58. The lowest BCUT2D eigenvalue weighted by atomic mass is 10.1. The van der Waals surface area contributed by atoms with Gasteiger partial charge < -0.3 is 14.8 Å². The Kier molecular flexibility index (Phi) is 5.71. The average molecular weight is 314 g/mol. The first-order valence-corrected chi connectivity index (χ1v) is 7.55. The van der Waals surface area contributed by atoms with Crippen LogP contribution in [0.2, 0.25) is 0 Å². The number of carbonyl (C=O) groups excluding carboxylic acids is 2. The van der Waals surface area contributed by atoms with Crippen molar-refractivity contribution in [3.05, 3.63) is 16.1 Å². The molecule has 7 heteroatoms. The van der Waals surface area contributed by atoms with E-state index in [2.05, 4.69) is 15.0 Å². The van der Waals surface area contributed by atoms with Crippen molar-refractivity contribution in [2.45, 2.75) is 46.3 Å². The van der Waals surface area contributed by atoms with Gasteiger partial charge in [-0.15, -0.1) is 11.3 Å². The zero-order valence-corrected chi connectivity index (χ0v) is 14.0. The molecule has 6 nitrogen and oxygen atoms in total. The van der Waals surface area contributed by atoms with E-state index in [0.717, 1.165) is 0 Å². The van der Waals surface area contributed by atoms with E-state index >= 15 is 0 Å². The minimum atomic E-state index is -0.564. The summed E-state index contributed by atoms with van der Waals surface area (Å²) in [5.41, 5.74) is -0.319. The number of hydrogen-bond acceptors (Lipinski definition) is 6. The van der Waals surface area contributed by atoms with Crippen LogP contribution in [0.4, 0.5) is 4.79 Å². The molecule has 0 unspecified atom stereocenters. The van der Waals surface area contributed by atoms with Crippen molar-refractivity contribution in [2.24, 2.45) is 5.92 Å². The second-order valence-corrected chi connectivity index (χ2v) is 6.82. The SMILES string of the molecule is COC(=O)c1csc([C@H](NC(=O)OC(C)(C)C)C(C)C)n1. The summed E-state index contributed by atoms with van der Waals surface area (Å²) in [6, 6.07) is -0.316. The van der Waals surface area contributed by atoms with Crippen LogP contribution in [0, 0.1) is 5.92 Å². The number of amides is 1. The van der Waals surface area contributed by atoms with Gasteiger partial charge in [-0.3, -0.25) is 0 Å². The third kappa shape index (κ3) is 5.34. The summed E-state index contributed by atoms with van der Waals surface area (Å²) in [4.78, 5) is 27.6. The van der Waals surface area contributed by atoms with Gasteiger partial charge in [-0.2, -0.15) is 0 Å². The number of alkyl carbamates (subject to hydrolysis) is 1. The van der Waals surface area contributed by atoms with Crippen LogP contribution >= 0.6 is 11.3 Å². The summed E-state index contributed by atoms with van der Waals surface area (Å²) in [5.74, 6) is -0.383. The maximum Gasteiger partial charge on any atom is 0.408 e. The molecule has 1 amide bonds. The van der Waals surface area contributed by atoms with Crippen molar-refractivity contribution in [1.29, 1.82) is 0 Å². The van der Waals surface area contributed by atoms with Gasteiger partial charge in [-0.05, 0) is 26.7 Å². The molecular weight excluding hydrogens is 292 g/mol. The Morgan fingerprint density at radius 1 is 1.33 bits per heavy atom. The van der Waals surface area contributed by atoms with Crippen molar-refractivity contribution >= 4 is 23.4 Å². The predicted molar refractivity (Wildman–Crippen MR) is 80.4 cm³/mol. The molecule has 0 saturated heterocycles. The number of nitrogens with zero attached hydrogens (tertiary/aromatic N) is 1. The van der Waals surface area contributed by atoms with Gasteiger partial charge >= 0.3 is 12.1 Å². The van der Waals surface area contributed by atoms with Crippen LogP contribution in [-0.4, -0.2) is 29.8 Å². The molecule has 1 aromatic heterocycles. The standard InChI is InChI=1S/C14H22N2O4S/c1-8(2)10(16-13(18)20-14(3,4)5)11-15-9(7-21-11)12(17)19-6/h7-8,10H,1-6H3,(H,16,18)/t10-/m1/s1. The molecule has 1 N–H and O–H groups in total. The first-order chi connectivity index (χ1) is 9.64. The topological polar surface area (TPSA) is 77.5 Å². The van der Waals surface area contributed by atoms with Gasteiger partial charge in [0.15, 0.2) is 5.69 Å². The molecule has 0 aliphatic rings. The highest BCUT2D eigenvalue weighted by atomic mass is 32.1. The lowest BCUT2D eigenvalue weighted by Gasteiger charge is -2.24. The average Bonchev–Trinajstić information content (AvgIpc) is 2.81. The maximum atomic E-state index is 11.9. The molecule has 1 aromatic rings. The van der Waals surface area contributed by atoms with E-state index in [4.69, 9.17) is 4.74 Å². The van der Waals surface area contributed by atoms with E-state index < -0.39 is 17.7 Å². The number of carbonyl (C=O) groups is 2. The molecule has 1 rings (SSSR count). The summed E-state index contributed by atoms with van der Waals surface area (Å²) >= 11 is 1.31. The Morgan fingerprint density at radius 2 is 1.95 bits per heavy atom. The van der Waals surface area contributed by atoms with Crippen LogP contribution in [-0.2, 0) is 9.47 Å². The Balaban J connectivity index is 2.85. The molecule has 118 valence electrons. The molecule has 1 atom stereocenters. The third-order valence-corrected chi connectivity index (χ3v) is 3.45. The molecule has 0 saturated carbocycles. The third-order valence-electron chi connectivity index (χ3n) is 2.52. The molecule has 0 bridgehead atoms. The Hall–Kier alpha value is -1.63. The number of thiazole rings is 1. The monoisotopic (exact) mass is 314 g/mol. The van der Waals surface area contributed by atoms with Crippen LogP contribution in [0.3, 0.4) is 0 Å². The Morgan fingerprint density at radius 3 is 2.43 bits per heavy atom. The number of methoxy groups -OCH3 is 1. The lowest BCUT2D eigenvalue weighted by molar-refractivity contribution is 0.0489. The van der Waals surface area contributed by atoms with Gasteiger partial charge in [0.2, 0.25) is 0 Å². The van der Waals surface area contributed by atoms with E-state index in [1.807, 2.05) is 13.8 Å². The van der Waals surface area contributed by atoms with Gasteiger partial charge in [0.1, 0.15) is 10.6 Å². The number of rotatable bonds is 4. The molecule has 1 heterocycles. The van der Waals surface area contributed by atoms with E-state index in [1.165, 1.54) is 18.4 Å². The number of aromatic nitrogens is 1. The van der Waals surface area contributed by atoms with Gasteiger partial charge in [-0.1, -0.05) is 13.8 Å². The smallest absolute Gasteiger partial charge is 0.408 e. The molecular formula is C14H22N2O4S. The van der Waals surface area contributed by atoms with Gasteiger partial charge in [0.05, 0.1) is 13.2 Å². The quantitative estimate of drug-likeness (QED) is 0.864. The largest absolute Gasteiger partial charge is 0.464 e. The fourth-order valence-corrected chi connectivity index (χ4v) is 2.59. The second-order valence-electron chi connectivity index (χ2n) is 5.93. The molecule has 0 aliphatic heterocycles. The van der Waals surface area contributed by atoms with E-state index in [9.17, 15) is 9.59 Å². The number of hydrogen-bond donors (Lipinski definition) is 1. The second kappa shape index (κ2) is 6.89. The van der Waals surface area contributed by atoms with Crippen molar-refractivity contribution in [3.63, 3.8) is 0 Å². The lowest BCUT2D eigenvalue weighted by Crippen LogP contribution is -2.36. The van der Waals surface area contributed by atoms with Gasteiger partial charge in [0.25, 0.3) is 0 Å². The molecule has 0 aliphatic carbocycles. The minimum absolute atomic E-state index is 0.106. The highest BCUT2D eigenvalue weighted by Crippen LogP contribution is 2.25. The normalized spacial score (nSPS) is 12.9. The summed E-state index contributed by atoms with van der Waals surface area (Å²) in [6.07, 6.45) is -0.504. The molecule has 0 aromatic carbocycles. The first kappa shape index (κ1) is 17.4. The first-order valence-electron chi connectivity index (χ1n) is 6.67. The van der Waals surface area contributed by atoms with Crippen LogP contribution in [0.1, 0.15) is 56.2 Å². The number of ether oxygens (including phenoxy) is 2. The summed E-state index contributed by atoms with van der Waals surface area (Å²) in [7, 11) is 1.31. The predicted octanol–water partition coefficient (Wildman–Crippen LogP) is 3.15. The highest BCUT2D eigenvalue weighted by Gasteiger charge is 2.25. The van der Waals surface area contributed by atoms with Crippen LogP contribution < -0.4 is 5.32 Å². The summed E-state index contributed by atoms with van der Waals surface area (Å²) in [5, 5.41) is 5.06.